The molecule has 21 heavy (non-hydrogen) atoms. The molecule has 0 radical (unpaired) electrons. The summed E-state index contributed by atoms with van der Waals surface area (Å²) < 4.78 is 5.13. The molecule has 0 aliphatic carbocycles. The molecule has 5 heteroatoms. The van der Waals surface area contributed by atoms with Gasteiger partial charge in [-0.25, -0.2) is 0 Å². The zero-order valence-electron chi connectivity index (χ0n) is 12.5. The number of allylic oxidation sites excluding steroid dienone is 3. The summed E-state index contributed by atoms with van der Waals surface area (Å²) in [5, 5.41) is 19.3. The molecule has 0 aliphatic heterocycles. The van der Waals surface area contributed by atoms with Crippen LogP contribution in [-0.2, 0) is 0 Å². The highest BCUT2D eigenvalue weighted by Crippen LogP contribution is 2.27. The predicted molar refractivity (Wildman–Crippen MR) is 86.4 cm³/mol. The Kier molecular flexibility index (Phi) is 6.39. The number of hydrogen-bond donors (Lipinski definition) is 0. The van der Waals surface area contributed by atoms with Crippen LogP contribution < -0.4 is 4.74 Å². The summed E-state index contributed by atoms with van der Waals surface area (Å²) in [6.07, 6.45) is 3.81. The number of rotatable bonds is 5. The normalized spacial score (nSPS) is 10.3. The summed E-state index contributed by atoms with van der Waals surface area (Å²) in [7, 11) is 5.44. The van der Waals surface area contributed by atoms with E-state index in [9.17, 15) is 10.5 Å². The molecule has 0 heterocycles. The number of hydrogen-bond acceptors (Lipinski definition) is 5. The van der Waals surface area contributed by atoms with E-state index in [2.05, 4.69) is 0 Å². The van der Waals surface area contributed by atoms with Crippen molar-refractivity contribution in [1.82, 2.24) is 4.90 Å². The minimum absolute atomic E-state index is 0.0913. The summed E-state index contributed by atoms with van der Waals surface area (Å²) in [6.45, 7) is 0. The highest BCUT2D eigenvalue weighted by Gasteiger charge is 2.10. The molecule has 0 atom stereocenters. The van der Waals surface area contributed by atoms with Crippen LogP contribution in [0.5, 0.6) is 5.75 Å². The van der Waals surface area contributed by atoms with Crippen LogP contribution in [-0.4, -0.2) is 32.4 Å². The van der Waals surface area contributed by atoms with Crippen molar-refractivity contribution in [2.45, 2.75) is 0 Å². The summed E-state index contributed by atoms with van der Waals surface area (Å²) in [5.41, 5.74) is 1.51. The third-order valence-corrected chi connectivity index (χ3v) is 3.71. The van der Waals surface area contributed by atoms with Gasteiger partial charge < -0.3 is 9.64 Å². The van der Waals surface area contributed by atoms with Crippen LogP contribution in [0.4, 0.5) is 0 Å². The molecular formula is C16H17N3OS. The van der Waals surface area contributed by atoms with Gasteiger partial charge in [-0.3, -0.25) is 0 Å². The van der Waals surface area contributed by atoms with Crippen LogP contribution in [0.2, 0.25) is 0 Å². The number of methoxy groups -OCH3 is 1. The van der Waals surface area contributed by atoms with E-state index >= 15 is 0 Å². The molecule has 0 spiro atoms. The van der Waals surface area contributed by atoms with E-state index < -0.39 is 0 Å². The number of thioether (sulfide) groups is 1. The molecule has 108 valence electrons. The lowest BCUT2D eigenvalue weighted by atomic mass is 10.0. The average molecular weight is 299 g/mol. The van der Waals surface area contributed by atoms with Gasteiger partial charge in [-0.2, -0.15) is 10.5 Å². The van der Waals surface area contributed by atoms with Crippen LogP contribution in [0.25, 0.3) is 5.57 Å². The van der Waals surface area contributed by atoms with Crippen LogP contribution >= 0.6 is 11.8 Å². The van der Waals surface area contributed by atoms with Crippen molar-refractivity contribution < 1.29 is 4.74 Å². The van der Waals surface area contributed by atoms with E-state index in [0.29, 0.717) is 5.57 Å². The van der Waals surface area contributed by atoms with Crippen molar-refractivity contribution >= 4 is 17.3 Å². The third-order valence-electron chi connectivity index (χ3n) is 2.81. The van der Waals surface area contributed by atoms with Crippen LogP contribution in [0.1, 0.15) is 5.56 Å². The Morgan fingerprint density at radius 1 is 1.19 bits per heavy atom. The first-order valence-electron chi connectivity index (χ1n) is 6.19. The quantitative estimate of drug-likeness (QED) is 0.617. The zero-order chi connectivity index (χ0) is 15.8. The second-order valence-electron chi connectivity index (χ2n) is 4.32. The fourth-order valence-electron chi connectivity index (χ4n) is 1.71. The molecule has 0 N–H and O–H groups in total. The molecule has 1 rings (SSSR count). The lowest BCUT2D eigenvalue weighted by Gasteiger charge is -2.16. The van der Waals surface area contributed by atoms with E-state index in [1.165, 1.54) is 0 Å². The molecule has 0 bridgehead atoms. The first-order chi connectivity index (χ1) is 10.1. The molecule has 0 saturated heterocycles. The molecule has 0 aromatic heterocycles. The fraction of sp³-hybridized carbons (Fsp3) is 0.250. The van der Waals surface area contributed by atoms with E-state index in [4.69, 9.17) is 4.74 Å². The maximum absolute atomic E-state index is 9.18. The Bertz CT molecular complexity index is 615. The summed E-state index contributed by atoms with van der Waals surface area (Å²) in [6, 6.07) is 11.2. The molecule has 1 aromatic carbocycles. The maximum Gasteiger partial charge on any atom is 0.137 e. The van der Waals surface area contributed by atoms with Crippen LogP contribution in [0.15, 0.2) is 40.9 Å². The van der Waals surface area contributed by atoms with Crippen molar-refractivity contribution in [1.29, 1.82) is 10.5 Å². The zero-order valence-corrected chi connectivity index (χ0v) is 13.4. The minimum Gasteiger partial charge on any atom is -0.497 e. The molecule has 0 saturated carbocycles. The predicted octanol–water partition coefficient (Wildman–Crippen LogP) is 3.26. The highest BCUT2D eigenvalue weighted by molar-refractivity contribution is 8.02. The van der Waals surface area contributed by atoms with E-state index in [1.54, 1.807) is 18.9 Å². The molecule has 4 nitrogen and oxygen atoms in total. The van der Waals surface area contributed by atoms with Gasteiger partial charge in [0, 0.05) is 19.7 Å². The van der Waals surface area contributed by atoms with E-state index in [-0.39, 0.29) is 5.57 Å². The topological polar surface area (TPSA) is 60.0 Å². The lowest BCUT2D eigenvalue weighted by Crippen LogP contribution is -2.08. The van der Waals surface area contributed by atoms with Gasteiger partial charge in [-0.1, -0.05) is 12.1 Å². The molecule has 0 aliphatic rings. The van der Waals surface area contributed by atoms with Crippen molar-refractivity contribution in [2.75, 3.05) is 27.5 Å². The van der Waals surface area contributed by atoms with Crippen molar-refractivity contribution in [3.63, 3.8) is 0 Å². The molecule has 1 aromatic rings. The van der Waals surface area contributed by atoms with Gasteiger partial charge in [0.1, 0.15) is 23.5 Å². The van der Waals surface area contributed by atoms with E-state index in [1.807, 2.05) is 67.7 Å². The first kappa shape index (κ1) is 16.7. The fourth-order valence-corrected chi connectivity index (χ4v) is 2.31. The van der Waals surface area contributed by atoms with Crippen molar-refractivity contribution in [3.05, 3.63) is 46.5 Å². The summed E-state index contributed by atoms with van der Waals surface area (Å²) >= 11 is 1.56. The van der Waals surface area contributed by atoms with Gasteiger partial charge >= 0.3 is 0 Å². The molecule has 0 unspecified atom stereocenters. The minimum atomic E-state index is 0.0913. The summed E-state index contributed by atoms with van der Waals surface area (Å²) in [5.74, 6) is 0.732. The molecule has 0 fully saturated rings. The van der Waals surface area contributed by atoms with Gasteiger partial charge in [0.15, 0.2) is 0 Å². The number of nitrogens with zero attached hydrogens (tertiary/aromatic N) is 3. The number of nitriles is 2. The average Bonchev–Trinajstić information content (AvgIpc) is 2.51. The smallest absolute Gasteiger partial charge is 0.137 e. The molecular weight excluding hydrogens is 282 g/mol. The maximum atomic E-state index is 9.18. The SMILES string of the molecule is COc1ccc(C(/C=C(\SC)N(C)C)=C(C#N)C#N)cc1. The van der Waals surface area contributed by atoms with Gasteiger partial charge in [0.05, 0.1) is 12.1 Å². The van der Waals surface area contributed by atoms with Crippen molar-refractivity contribution in [3.8, 4) is 17.9 Å². The largest absolute Gasteiger partial charge is 0.497 e. The molecule has 0 amide bonds. The second kappa shape index (κ2) is 8.04. The van der Waals surface area contributed by atoms with Gasteiger partial charge in [-0.05, 0) is 30.0 Å². The van der Waals surface area contributed by atoms with Gasteiger partial charge in [0.2, 0.25) is 0 Å². The Morgan fingerprint density at radius 2 is 1.76 bits per heavy atom. The Hall–Kier alpha value is -2.37. The number of ether oxygens (including phenoxy) is 1. The Balaban J connectivity index is 3.44. The Labute approximate surface area is 129 Å². The van der Waals surface area contributed by atoms with Crippen molar-refractivity contribution in [2.24, 2.45) is 0 Å². The number of benzene rings is 1. The Morgan fingerprint density at radius 3 is 2.14 bits per heavy atom. The standard InChI is InChI=1S/C16H17N3OS/c1-19(2)16(21-4)9-15(13(10-17)11-18)12-5-7-14(20-3)8-6-12/h5-9H,1-4H3/b16-9-. The van der Waals surface area contributed by atoms with Gasteiger partial charge in [0.25, 0.3) is 0 Å². The first-order valence-corrected chi connectivity index (χ1v) is 7.41. The lowest BCUT2D eigenvalue weighted by molar-refractivity contribution is 0.415. The monoisotopic (exact) mass is 299 g/mol. The second-order valence-corrected chi connectivity index (χ2v) is 5.15. The van der Waals surface area contributed by atoms with Crippen LogP contribution in [0, 0.1) is 22.7 Å². The van der Waals surface area contributed by atoms with E-state index in [0.717, 1.165) is 16.3 Å². The third kappa shape index (κ3) is 4.30. The highest BCUT2D eigenvalue weighted by atomic mass is 32.2. The van der Waals surface area contributed by atoms with Gasteiger partial charge in [-0.15, -0.1) is 11.8 Å². The van der Waals surface area contributed by atoms with Crippen LogP contribution in [0.3, 0.4) is 0 Å². The summed E-state index contributed by atoms with van der Waals surface area (Å²) in [4.78, 5) is 1.94.